The fourth-order valence-corrected chi connectivity index (χ4v) is 2.07. The first-order valence-corrected chi connectivity index (χ1v) is 6.86. The molecule has 0 aliphatic heterocycles. The molecular formula is C16H16ClNO2. The molecule has 0 aliphatic carbocycles. The lowest BCUT2D eigenvalue weighted by molar-refractivity contribution is 0.102. The van der Waals surface area contributed by atoms with Crippen molar-refractivity contribution in [3.05, 3.63) is 58.6 Å². The number of benzene rings is 2. The van der Waals surface area contributed by atoms with Crippen LogP contribution in [0.4, 0.5) is 5.69 Å². The lowest BCUT2D eigenvalue weighted by Crippen LogP contribution is -2.12. The van der Waals surface area contributed by atoms with E-state index >= 15 is 0 Å². The second kappa shape index (κ2) is 6.44. The number of phenolic OH excluding ortho intramolecular Hbond substituents is 1. The zero-order valence-corrected chi connectivity index (χ0v) is 11.9. The molecule has 0 spiro atoms. The summed E-state index contributed by atoms with van der Waals surface area (Å²) in [6.45, 7) is 2.07. The van der Waals surface area contributed by atoms with Crippen molar-refractivity contribution in [2.45, 2.75) is 19.8 Å². The van der Waals surface area contributed by atoms with Crippen molar-refractivity contribution in [1.82, 2.24) is 0 Å². The van der Waals surface area contributed by atoms with Gasteiger partial charge in [-0.15, -0.1) is 0 Å². The lowest BCUT2D eigenvalue weighted by atomic mass is 10.1. The zero-order valence-electron chi connectivity index (χ0n) is 11.2. The summed E-state index contributed by atoms with van der Waals surface area (Å²) in [5.74, 6) is -0.348. The molecule has 4 heteroatoms. The average Bonchev–Trinajstić information content (AvgIpc) is 2.43. The maximum absolute atomic E-state index is 12.2. The molecule has 0 fully saturated rings. The number of halogens is 1. The van der Waals surface area contributed by atoms with Gasteiger partial charge in [0.1, 0.15) is 5.75 Å². The second-order valence-electron chi connectivity index (χ2n) is 4.56. The molecule has 0 atom stereocenters. The van der Waals surface area contributed by atoms with Gasteiger partial charge in [-0.1, -0.05) is 31.0 Å². The predicted octanol–water partition coefficient (Wildman–Crippen LogP) is 4.25. The Bertz CT molecular complexity index is 608. The van der Waals surface area contributed by atoms with Crippen molar-refractivity contribution < 1.29 is 9.90 Å². The molecule has 2 N–H and O–H groups in total. The van der Waals surface area contributed by atoms with Gasteiger partial charge in [0.05, 0.1) is 5.56 Å². The van der Waals surface area contributed by atoms with Gasteiger partial charge in [0.2, 0.25) is 0 Å². The van der Waals surface area contributed by atoms with E-state index in [1.807, 2.05) is 6.07 Å². The fourth-order valence-electron chi connectivity index (χ4n) is 1.94. The Balaban J connectivity index is 2.19. The zero-order chi connectivity index (χ0) is 14.5. The van der Waals surface area contributed by atoms with Crippen molar-refractivity contribution in [2.24, 2.45) is 0 Å². The minimum absolute atomic E-state index is 0.0173. The first-order chi connectivity index (χ1) is 9.60. The molecule has 0 radical (unpaired) electrons. The maximum Gasteiger partial charge on any atom is 0.259 e. The van der Waals surface area contributed by atoms with E-state index in [0.717, 1.165) is 18.4 Å². The van der Waals surface area contributed by atoms with E-state index < -0.39 is 0 Å². The van der Waals surface area contributed by atoms with Gasteiger partial charge in [-0.25, -0.2) is 0 Å². The standard InChI is InChI=1S/C16H16ClNO2/c1-2-3-11-4-9-15(19)14(10-11)16(20)18-13-7-5-12(17)6-8-13/h4-10,19H,2-3H2,1H3,(H,18,20). The molecule has 0 saturated heterocycles. The minimum Gasteiger partial charge on any atom is -0.507 e. The molecule has 2 rings (SSSR count). The van der Waals surface area contributed by atoms with Crippen LogP contribution in [0, 0.1) is 0 Å². The Labute approximate surface area is 123 Å². The van der Waals surface area contributed by atoms with Crippen LogP contribution in [-0.2, 0) is 6.42 Å². The van der Waals surface area contributed by atoms with Gasteiger partial charge in [-0.05, 0) is 48.4 Å². The summed E-state index contributed by atoms with van der Waals surface area (Å²) < 4.78 is 0. The molecule has 0 aliphatic rings. The Morgan fingerprint density at radius 1 is 1.20 bits per heavy atom. The molecule has 0 aromatic heterocycles. The van der Waals surface area contributed by atoms with E-state index in [0.29, 0.717) is 10.7 Å². The quantitative estimate of drug-likeness (QED) is 0.884. The highest BCUT2D eigenvalue weighted by Gasteiger charge is 2.12. The summed E-state index contributed by atoms with van der Waals surface area (Å²) in [6, 6.07) is 11.9. The molecule has 3 nitrogen and oxygen atoms in total. The van der Waals surface area contributed by atoms with E-state index in [1.54, 1.807) is 36.4 Å². The predicted molar refractivity (Wildman–Crippen MR) is 81.5 cm³/mol. The number of nitrogens with one attached hydrogen (secondary N) is 1. The van der Waals surface area contributed by atoms with Crippen LogP contribution < -0.4 is 5.32 Å². The topological polar surface area (TPSA) is 49.3 Å². The number of aromatic hydroxyl groups is 1. The summed E-state index contributed by atoms with van der Waals surface area (Å²) in [6.07, 6.45) is 1.87. The molecule has 0 saturated carbocycles. The molecule has 104 valence electrons. The second-order valence-corrected chi connectivity index (χ2v) is 5.00. The molecule has 0 heterocycles. The van der Waals surface area contributed by atoms with Crippen molar-refractivity contribution in [3.8, 4) is 5.75 Å². The first kappa shape index (κ1) is 14.4. The van der Waals surface area contributed by atoms with Gasteiger partial charge in [0.15, 0.2) is 0 Å². The number of carbonyl (C=O) groups excluding carboxylic acids is 1. The third-order valence-corrected chi connectivity index (χ3v) is 3.20. The summed E-state index contributed by atoms with van der Waals surface area (Å²) in [5.41, 5.74) is 1.96. The third-order valence-electron chi connectivity index (χ3n) is 2.95. The van der Waals surface area contributed by atoms with Gasteiger partial charge in [-0.3, -0.25) is 4.79 Å². The number of phenols is 1. The lowest BCUT2D eigenvalue weighted by Gasteiger charge is -2.09. The molecule has 1 amide bonds. The average molecular weight is 290 g/mol. The number of hydrogen-bond acceptors (Lipinski definition) is 2. The monoisotopic (exact) mass is 289 g/mol. The van der Waals surface area contributed by atoms with Gasteiger partial charge < -0.3 is 10.4 Å². The van der Waals surface area contributed by atoms with E-state index in [-0.39, 0.29) is 17.2 Å². The summed E-state index contributed by atoms with van der Waals surface area (Å²) in [4.78, 5) is 12.2. The normalized spacial score (nSPS) is 10.3. The van der Waals surface area contributed by atoms with Crippen LogP contribution in [-0.4, -0.2) is 11.0 Å². The highest BCUT2D eigenvalue weighted by molar-refractivity contribution is 6.30. The largest absolute Gasteiger partial charge is 0.507 e. The summed E-state index contributed by atoms with van der Waals surface area (Å²) >= 11 is 5.79. The first-order valence-electron chi connectivity index (χ1n) is 6.49. The van der Waals surface area contributed by atoms with Gasteiger partial charge in [-0.2, -0.15) is 0 Å². The molecule has 0 unspecified atom stereocenters. The Morgan fingerprint density at radius 2 is 1.90 bits per heavy atom. The molecule has 2 aromatic rings. The Kier molecular flexibility index (Phi) is 4.64. The van der Waals surface area contributed by atoms with E-state index in [9.17, 15) is 9.90 Å². The van der Waals surface area contributed by atoms with Crippen LogP contribution >= 0.6 is 11.6 Å². The highest BCUT2D eigenvalue weighted by atomic mass is 35.5. The van der Waals surface area contributed by atoms with Gasteiger partial charge >= 0.3 is 0 Å². The van der Waals surface area contributed by atoms with Crippen LogP contribution in [0.2, 0.25) is 5.02 Å². The van der Waals surface area contributed by atoms with Gasteiger partial charge in [0.25, 0.3) is 5.91 Å². The number of amides is 1. The molecular weight excluding hydrogens is 274 g/mol. The molecule has 2 aromatic carbocycles. The van der Waals surface area contributed by atoms with E-state index in [2.05, 4.69) is 12.2 Å². The summed E-state index contributed by atoms with van der Waals surface area (Å²) in [5, 5.41) is 13.2. The van der Waals surface area contributed by atoms with Crippen molar-refractivity contribution >= 4 is 23.2 Å². The highest BCUT2D eigenvalue weighted by Crippen LogP contribution is 2.21. The third kappa shape index (κ3) is 3.52. The Morgan fingerprint density at radius 3 is 2.55 bits per heavy atom. The smallest absolute Gasteiger partial charge is 0.259 e. The summed E-state index contributed by atoms with van der Waals surface area (Å²) in [7, 11) is 0. The van der Waals surface area contributed by atoms with Gasteiger partial charge in [0, 0.05) is 10.7 Å². The van der Waals surface area contributed by atoms with Crippen LogP contribution in [0.1, 0.15) is 29.3 Å². The van der Waals surface area contributed by atoms with Crippen molar-refractivity contribution in [2.75, 3.05) is 5.32 Å². The number of aryl methyl sites for hydroxylation is 1. The maximum atomic E-state index is 12.2. The van der Waals surface area contributed by atoms with Crippen LogP contribution in [0.3, 0.4) is 0 Å². The molecule has 20 heavy (non-hydrogen) atoms. The molecule has 0 bridgehead atoms. The van der Waals surface area contributed by atoms with E-state index in [4.69, 9.17) is 11.6 Å². The number of anilines is 1. The van der Waals surface area contributed by atoms with Crippen LogP contribution in [0.5, 0.6) is 5.75 Å². The number of rotatable bonds is 4. The van der Waals surface area contributed by atoms with Crippen LogP contribution in [0.15, 0.2) is 42.5 Å². The number of hydrogen-bond donors (Lipinski definition) is 2. The number of carbonyl (C=O) groups is 1. The SMILES string of the molecule is CCCc1ccc(O)c(C(=O)Nc2ccc(Cl)cc2)c1. The van der Waals surface area contributed by atoms with E-state index in [1.165, 1.54) is 0 Å². The Hall–Kier alpha value is -2.00. The van der Waals surface area contributed by atoms with Crippen LogP contribution in [0.25, 0.3) is 0 Å². The fraction of sp³-hybridized carbons (Fsp3) is 0.188. The van der Waals surface area contributed by atoms with Crippen molar-refractivity contribution in [3.63, 3.8) is 0 Å². The van der Waals surface area contributed by atoms with Crippen molar-refractivity contribution in [1.29, 1.82) is 0 Å². The minimum atomic E-state index is -0.331.